The smallest absolute Gasteiger partial charge is 0.269 e. The van der Waals surface area contributed by atoms with Crippen LogP contribution in [0.2, 0.25) is 0 Å². The van der Waals surface area contributed by atoms with E-state index in [1.54, 1.807) is 24.3 Å². The lowest BCUT2D eigenvalue weighted by Gasteiger charge is -2.13. The fourth-order valence-corrected chi connectivity index (χ4v) is 3.34. The molecule has 0 unspecified atom stereocenters. The number of hydrogen-bond acceptors (Lipinski definition) is 7. The molecule has 0 bridgehead atoms. The maximum atomic E-state index is 11.0. The number of nitrogens with zero attached hydrogens (tertiary/aromatic N) is 3. The van der Waals surface area contributed by atoms with Crippen LogP contribution in [0.5, 0.6) is 0 Å². The maximum absolute atomic E-state index is 11.0. The zero-order chi connectivity index (χ0) is 20.1. The fraction of sp³-hybridized carbons (Fsp3) is 0.316. The minimum atomic E-state index is -1.00. The third kappa shape index (κ3) is 2.89. The molecule has 1 saturated heterocycles. The SMILES string of the molecule is CC1(C)COC([C@]2(c3ccc([N+](=O)[O-])cc3)O[C@H]2c2ccc([N+](=O)[O-])cc2)=N1. The molecule has 0 saturated carbocycles. The van der Waals surface area contributed by atoms with Crippen LogP contribution in [0.25, 0.3) is 0 Å². The monoisotopic (exact) mass is 383 g/mol. The van der Waals surface area contributed by atoms with Gasteiger partial charge in [0.1, 0.15) is 12.7 Å². The number of hydrogen-bond donors (Lipinski definition) is 0. The lowest BCUT2D eigenvalue weighted by Crippen LogP contribution is -2.23. The van der Waals surface area contributed by atoms with E-state index < -0.39 is 27.1 Å². The zero-order valence-electron chi connectivity index (χ0n) is 15.2. The number of rotatable bonds is 5. The van der Waals surface area contributed by atoms with Crippen molar-refractivity contribution in [2.24, 2.45) is 4.99 Å². The molecule has 2 heterocycles. The Bertz CT molecular complexity index is 984. The number of non-ortho nitro benzene ring substituents is 2. The third-order valence-electron chi connectivity index (χ3n) is 4.81. The molecule has 0 radical (unpaired) electrons. The van der Waals surface area contributed by atoms with Crippen LogP contribution < -0.4 is 0 Å². The van der Waals surface area contributed by atoms with E-state index in [1.807, 2.05) is 13.8 Å². The second kappa shape index (κ2) is 6.10. The normalized spacial score (nSPS) is 24.9. The summed E-state index contributed by atoms with van der Waals surface area (Å²) >= 11 is 0. The molecule has 9 nitrogen and oxygen atoms in total. The average molecular weight is 383 g/mol. The molecule has 0 amide bonds. The molecule has 2 aromatic rings. The van der Waals surface area contributed by atoms with Gasteiger partial charge in [-0.2, -0.15) is 0 Å². The van der Waals surface area contributed by atoms with Gasteiger partial charge in [0.2, 0.25) is 5.90 Å². The number of nitro groups is 2. The van der Waals surface area contributed by atoms with Gasteiger partial charge in [0.25, 0.3) is 11.4 Å². The molecule has 9 heteroatoms. The van der Waals surface area contributed by atoms with Gasteiger partial charge in [-0.3, -0.25) is 20.2 Å². The van der Waals surface area contributed by atoms with Gasteiger partial charge in [0.15, 0.2) is 5.60 Å². The Morgan fingerprint density at radius 2 is 1.50 bits per heavy atom. The van der Waals surface area contributed by atoms with Crippen LogP contribution in [0, 0.1) is 20.2 Å². The molecule has 28 heavy (non-hydrogen) atoms. The molecule has 2 aliphatic rings. The molecule has 1 fully saturated rings. The Morgan fingerprint density at radius 1 is 0.964 bits per heavy atom. The summed E-state index contributed by atoms with van der Waals surface area (Å²) in [6.45, 7) is 4.27. The largest absolute Gasteiger partial charge is 0.476 e. The maximum Gasteiger partial charge on any atom is 0.269 e. The van der Waals surface area contributed by atoms with Gasteiger partial charge in [-0.15, -0.1) is 0 Å². The van der Waals surface area contributed by atoms with Gasteiger partial charge < -0.3 is 9.47 Å². The summed E-state index contributed by atoms with van der Waals surface area (Å²) in [5.74, 6) is 0.412. The predicted octanol–water partition coefficient (Wildman–Crippen LogP) is 3.68. The van der Waals surface area contributed by atoms with Crippen molar-refractivity contribution < 1.29 is 19.3 Å². The highest BCUT2D eigenvalue weighted by Gasteiger charge is 2.65. The van der Waals surface area contributed by atoms with Crippen molar-refractivity contribution in [3.05, 3.63) is 79.9 Å². The second-order valence-corrected chi connectivity index (χ2v) is 7.40. The first-order valence-electron chi connectivity index (χ1n) is 8.63. The van der Waals surface area contributed by atoms with Crippen LogP contribution >= 0.6 is 0 Å². The van der Waals surface area contributed by atoms with Gasteiger partial charge in [0.05, 0.1) is 15.4 Å². The van der Waals surface area contributed by atoms with Crippen molar-refractivity contribution in [2.75, 3.05) is 6.61 Å². The first-order valence-corrected chi connectivity index (χ1v) is 8.63. The zero-order valence-corrected chi connectivity index (χ0v) is 15.2. The van der Waals surface area contributed by atoms with Crippen molar-refractivity contribution in [1.82, 2.24) is 0 Å². The van der Waals surface area contributed by atoms with Crippen molar-refractivity contribution in [3.63, 3.8) is 0 Å². The molecule has 144 valence electrons. The Hall–Kier alpha value is -3.33. The van der Waals surface area contributed by atoms with E-state index in [0.717, 1.165) is 5.56 Å². The van der Waals surface area contributed by atoms with Crippen molar-refractivity contribution >= 4 is 17.3 Å². The van der Waals surface area contributed by atoms with E-state index >= 15 is 0 Å². The van der Waals surface area contributed by atoms with E-state index in [-0.39, 0.29) is 11.4 Å². The van der Waals surface area contributed by atoms with E-state index in [9.17, 15) is 20.2 Å². The Morgan fingerprint density at radius 3 is 1.96 bits per heavy atom. The number of epoxide rings is 1. The minimum absolute atomic E-state index is 0.0130. The summed E-state index contributed by atoms with van der Waals surface area (Å²) in [4.78, 5) is 25.6. The molecule has 0 N–H and O–H groups in total. The van der Waals surface area contributed by atoms with Crippen LogP contribution in [-0.2, 0) is 15.1 Å². The molecule has 2 atom stereocenters. The first-order chi connectivity index (χ1) is 13.2. The second-order valence-electron chi connectivity index (χ2n) is 7.40. The van der Waals surface area contributed by atoms with Crippen LogP contribution in [0.4, 0.5) is 11.4 Å². The van der Waals surface area contributed by atoms with Gasteiger partial charge in [-0.1, -0.05) is 0 Å². The summed E-state index contributed by atoms with van der Waals surface area (Å²) < 4.78 is 11.9. The molecular weight excluding hydrogens is 366 g/mol. The van der Waals surface area contributed by atoms with E-state index in [4.69, 9.17) is 9.47 Å². The van der Waals surface area contributed by atoms with Gasteiger partial charge in [-0.05, 0) is 49.2 Å². The summed E-state index contributed by atoms with van der Waals surface area (Å²) in [6, 6.07) is 12.2. The standard InChI is InChI=1S/C19H17N3O6/c1-18(2)11-27-17(20-18)19(13-5-9-15(10-6-13)22(25)26)16(28-19)12-3-7-14(8-4-12)21(23)24/h3-10,16H,11H2,1-2H3/t16-,19+/m0/s1. The summed E-state index contributed by atoms with van der Waals surface area (Å²) in [5, 5.41) is 21.9. The topological polar surface area (TPSA) is 120 Å². The molecule has 0 aliphatic carbocycles. The highest BCUT2D eigenvalue weighted by atomic mass is 16.6. The molecule has 4 rings (SSSR count). The Kier molecular flexibility index (Phi) is 3.93. The van der Waals surface area contributed by atoms with Crippen molar-refractivity contribution in [1.29, 1.82) is 0 Å². The van der Waals surface area contributed by atoms with Crippen LogP contribution in [-0.4, -0.2) is 27.9 Å². The van der Waals surface area contributed by atoms with Gasteiger partial charge in [-0.25, -0.2) is 4.99 Å². The lowest BCUT2D eigenvalue weighted by atomic mass is 9.91. The van der Waals surface area contributed by atoms with Gasteiger partial charge in [0, 0.05) is 24.3 Å². The molecular formula is C19H17N3O6. The first kappa shape index (κ1) is 18.1. The summed E-state index contributed by atoms with van der Waals surface area (Å²) in [7, 11) is 0. The van der Waals surface area contributed by atoms with Crippen LogP contribution in [0.3, 0.4) is 0 Å². The molecule has 0 aromatic heterocycles. The minimum Gasteiger partial charge on any atom is -0.476 e. The molecule has 2 aliphatic heterocycles. The summed E-state index contributed by atoms with van der Waals surface area (Å²) in [5.41, 5.74) is -0.0338. The predicted molar refractivity (Wildman–Crippen MR) is 99.2 cm³/mol. The highest BCUT2D eigenvalue weighted by Crippen LogP contribution is 2.59. The average Bonchev–Trinajstić information content (AvgIpc) is 3.32. The van der Waals surface area contributed by atoms with Gasteiger partial charge >= 0.3 is 0 Å². The fourth-order valence-electron chi connectivity index (χ4n) is 3.34. The number of ether oxygens (including phenoxy) is 2. The molecule has 0 spiro atoms. The quantitative estimate of drug-likeness (QED) is 0.441. The van der Waals surface area contributed by atoms with Crippen molar-refractivity contribution in [3.8, 4) is 0 Å². The van der Waals surface area contributed by atoms with Crippen LogP contribution in [0.1, 0.15) is 31.1 Å². The third-order valence-corrected chi connectivity index (χ3v) is 4.81. The van der Waals surface area contributed by atoms with E-state index in [2.05, 4.69) is 4.99 Å². The number of nitro benzene ring substituents is 2. The van der Waals surface area contributed by atoms with E-state index in [0.29, 0.717) is 18.1 Å². The van der Waals surface area contributed by atoms with Crippen LogP contribution in [0.15, 0.2) is 53.5 Å². The van der Waals surface area contributed by atoms with Crippen molar-refractivity contribution in [2.45, 2.75) is 31.1 Å². The number of benzene rings is 2. The Labute approximate surface area is 159 Å². The summed E-state index contributed by atoms with van der Waals surface area (Å²) in [6.07, 6.45) is -0.456. The highest BCUT2D eigenvalue weighted by molar-refractivity contribution is 5.92. The lowest BCUT2D eigenvalue weighted by molar-refractivity contribution is -0.385. The molecule has 2 aromatic carbocycles. The van der Waals surface area contributed by atoms with E-state index in [1.165, 1.54) is 24.3 Å². The Balaban J connectivity index is 1.74. The number of aliphatic imine (C=N–C) groups is 1.